The predicted molar refractivity (Wildman–Crippen MR) is 203 cm³/mol. The molecule has 0 saturated heterocycles. The zero-order valence-electron chi connectivity index (χ0n) is 28.4. The van der Waals surface area contributed by atoms with Gasteiger partial charge in [0.25, 0.3) is 5.91 Å². The zero-order valence-corrected chi connectivity index (χ0v) is 29.2. The Kier molecular flexibility index (Phi) is 9.58. The number of rotatable bonds is 9. The van der Waals surface area contributed by atoms with Crippen molar-refractivity contribution < 1.29 is 43.0 Å². The zero-order chi connectivity index (χ0) is 37.2. The first kappa shape index (κ1) is 34.8. The molecular formula is C42H30NO9S+. The van der Waals surface area contributed by atoms with E-state index in [-0.39, 0.29) is 22.8 Å². The maximum atomic E-state index is 13.2. The van der Waals surface area contributed by atoms with Gasteiger partial charge in [-0.1, -0.05) is 60.3 Å². The molecule has 262 valence electrons. The van der Waals surface area contributed by atoms with Gasteiger partial charge in [0.15, 0.2) is 0 Å². The van der Waals surface area contributed by atoms with Crippen molar-refractivity contribution in [2.45, 2.75) is 19.6 Å². The van der Waals surface area contributed by atoms with E-state index in [1.807, 2.05) is 54.6 Å². The summed E-state index contributed by atoms with van der Waals surface area (Å²) in [5.41, 5.74) is 2.70. The number of carboxylic acid groups (broad SMARTS) is 1. The normalized spacial score (nSPS) is 11.1. The molecule has 0 saturated carbocycles. The lowest BCUT2D eigenvalue weighted by molar-refractivity contribution is -0.132. The van der Waals surface area contributed by atoms with Gasteiger partial charge in [-0.15, -0.1) is 0 Å². The van der Waals surface area contributed by atoms with Crippen LogP contribution >= 0.6 is 11.8 Å². The molecule has 11 heteroatoms. The number of fused-ring (bicyclic) bond motifs is 6. The SMILES string of the molecule is CC(=O)Oc1ccc2c(ccc3c(-c4ccc(C(=O)NCC(=O)SCc5ccccc5)cc4C(=O)O)c4ccc5cc(OC(C)=O)ccc5c4[o+]c32)c1. The number of ether oxygens (including phenoxy) is 2. The summed E-state index contributed by atoms with van der Waals surface area (Å²) in [5, 5.41) is 16.9. The third kappa shape index (κ3) is 7.28. The molecule has 1 aromatic heterocycles. The van der Waals surface area contributed by atoms with E-state index in [0.29, 0.717) is 71.9 Å². The molecule has 53 heavy (non-hydrogen) atoms. The number of carboxylic acids is 1. The van der Waals surface area contributed by atoms with Gasteiger partial charge in [0.2, 0.25) is 5.12 Å². The van der Waals surface area contributed by atoms with Crippen LogP contribution in [-0.4, -0.2) is 40.6 Å². The van der Waals surface area contributed by atoms with E-state index in [1.165, 1.54) is 26.0 Å². The van der Waals surface area contributed by atoms with E-state index in [9.17, 15) is 29.1 Å². The van der Waals surface area contributed by atoms with Crippen molar-refractivity contribution in [2.75, 3.05) is 6.54 Å². The van der Waals surface area contributed by atoms with Crippen molar-refractivity contribution in [1.82, 2.24) is 5.32 Å². The first-order valence-electron chi connectivity index (χ1n) is 16.5. The summed E-state index contributed by atoms with van der Waals surface area (Å²) in [7, 11) is 0. The summed E-state index contributed by atoms with van der Waals surface area (Å²) in [6, 6.07) is 31.4. The number of benzene rings is 6. The van der Waals surface area contributed by atoms with Gasteiger partial charge in [0.05, 0.1) is 33.7 Å². The van der Waals surface area contributed by atoms with Crippen LogP contribution < -0.4 is 14.8 Å². The second-order valence-electron chi connectivity index (χ2n) is 12.2. The Morgan fingerprint density at radius 3 is 1.79 bits per heavy atom. The van der Waals surface area contributed by atoms with Crippen molar-refractivity contribution in [1.29, 1.82) is 0 Å². The lowest BCUT2D eigenvalue weighted by atomic mass is 9.90. The van der Waals surface area contributed by atoms with Crippen molar-refractivity contribution in [3.05, 3.63) is 126 Å². The van der Waals surface area contributed by atoms with E-state index >= 15 is 0 Å². The molecule has 0 atom stereocenters. The van der Waals surface area contributed by atoms with Gasteiger partial charge < -0.3 is 19.9 Å². The average molecular weight is 725 g/mol. The number of esters is 2. The molecule has 2 N–H and O–H groups in total. The van der Waals surface area contributed by atoms with Crippen LogP contribution in [0.25, 0.3) is 54.6 Å². The minimum absolute atomic E-state index is 0.0770. The van der Waals surface area contributed by atoms with Gasteiger partial charge in [-0.05, 0) is 82.6 Å². The standard InChI is InChI=1S/C42H29NO9S/c1-23(44)50-29-11-16-31-26(18-29)8-14-34-38(35-15-9-27-19-30(51-24(2)45)12-17-32(27)40(35)52-39(31)34)33-13-10-28(20-36(33)42(48)49)41(47)43-21-37(46)53-22-25-6-4-3-5-7-25/h3-20H,21-22H2,1-2H3,(H-,43,47,48,49)/p+1. The maximum Gasteiger partial charge on any atom is 0.369 e. The molecule has 10 nitrogen and oxygen atoms in total. The van der Waals surface area contributed by atoms with E-state index in [1.54, 1.807) is 42.5 Å². The molecule has 0 spiro atoms. The molecule has 1 heterocycles. The van der Waals surface area contributed by atoms with Crippen LogP contribution in [0.2, 0.25) is 0 Å². The summed E-state index contributed by atoms with van der Waals surface area (Å²) in [6.45, 7) is 2.41. The lowest BCUT2D eigenvalue weighted by Crippen LogP contribution is -2.28. The molecule has 0 aliphatic rings. The van der Waals surface area contributed by atoms with Crippen molar-refractivity contribution in [2.24, 2.45) is 0 Å². The summed E-state index contributed by atoms with van der Waals surface area (Å²) in [4.78, 5) is 62.0. The van der Waals surface area contributed by atoms with Crippen molar-refractivity contribution >= 4 is 84.2 Å². The summed E-state index contributed by atoms with van der Waals surface area (Å²) >= 11 is 1.08. The number of amides is 1. The highest BCUT2D eigenvalue weighted by atomic mass is 32.2. The first-order valence-corrected chi connectivity index (χ1v) is 17.5. The monoisotopic (exact) mass is 724 g/mol. The number of carbonyl (C=O) groups excluding carboxylic acids is 4. The number of aromatic carboxylic acids is 1. The van der Waals surface area contributed by atoms with Gasteiger partial charge in [-0.2, -0.15) is 0 Å². The van der Waals surface area contributed by atoms with Crippen LogP contribution in [0.15, 0.2) is 114 Å². The van der Waals surface area contributed by atoms with E-state index in [0.717, 1.165) is 17.3 Å². The molecule has 0 aliphatic heterocycles. The second kappa shape index (κ2) is 14.6. The highest BCUT2D eigenvalue weighted by Crippen LogP contribution is 2.43. The largest absolute Gasteiger partial charge is 0.478 e. The first-order chi connectivity index (χ1) is 25.5. The highest BCUT2D eigenvalue weighted by molar-refractivity contribution is 8.13. The highest BCUT2D eigenvalue weighted by Gasteiger charge is 2.28. The molecule has 6 aromatic carbocycles. The van der Waals surface area contributed by atoms with Crippen LogP contribution in [0.4, 0.5) is 0 Å². The second-order valence-corrected chi connectivity index (χ2v) is 13.2. The number of hydrogen-bond donors (Lipinski definition) is 2. The Bertz CT molecular complexity index is 2540. The Labute approximate surface area is 306 Å². The van der Waals surface area contributed by atoms with Crippen LogP contribution in [0, 0.1) is 0 Å². The van der Waals surface area contributed by atoms with Crippen LogP contribution in [0.1, 0.15) is 40.1 Å². The fraction of sp³-hybridized carbons (Fsp3) is 0.0952. The molecule has 0 unspecified atom stereocenters. The molecule has 0 radical (unpaired) electrons. The van der Waals surface area contributed by atoms with Crippen LogP contribution in [-0.2, 0) is 20.1 Å². The summed E-state index contributed by atoms with van der Waals surface area (Å²) in [6.07, 6.45) is 0. The summed E-state index contributed by atoms with van der Waals surface area (Å²) in [5.74, 6) is -1.60. The van der Waals surface area contributed by atoms with Crippen LogP contribution in [0.3, 0.4) is 0 Å². The van der Waals surface area contributed by atoms with Gasteiger partial charge >= 0.3 is 29.1 Å². The molecule has 0 fully saturated rings. The Morgan fingerprint density at radius 2 is 1.25 bits per heavy atom. The van der Waals surface area contributed by atoms with Gasteiger partial charge in [-0.3, -0.25) is 19.2 Å². The van der Waals surface area contributed by atoms with Crippen LogP contribution in [0.5, 0.6) is 11.5 Å². The number of thioether (sulfide) groups is 1. The smallest absolute Gasteiger partial charge is 0.369 e. The number of nitrogens with one attached hydrogen (secondary N) is 1. The molecule has 0 aliphatic carbocycles. The van der Waals surface area contributed by atoms with Crippen molar-refractivity contribution in [3.8, 4) is 22.6 Å². The molecule has 0 bridgehead atoms. The Morgan fingerprint density at radius 1 is 0.679 bits per heavy atom. The molecule has 1 amide bonds. The Balaban J connectivity index is 1.34. The molecular weight excluding hydrogens is 695 g/mol. The number of hydrogen-bond acceptors (Lipinski definition) is 8. The topological polar surface area (TPSA) is 147 Å². The third-order valence-corrected chi connectivity index (χ3v) is 9.51. The average Bonchev–Trinajstić information content (AvgIpc) is 3.14. The maximum absolute atomic E-state index is 13.2. The van der Waals surface area contributed by atoms with Gasteiger partial charge in [0, 0.05) is 30.7 Å². The fourth-order valence-corrected chi connectivity index (χ4v) is 6.99. The lowest BCUT2D eigenvalue weighted by Gasteiger charge is -2.13. The van der Waals surface area contributed by atoms with E-state index in [2.05, 4.69) is 5.32 Å². The van der Waals surface area contributed by atoms with E-state index in [4.69, 9.17) is 13.9 Å². The third-order valence-electron chi connectivity index (χ3n) is 8.57. The quantitative estimate of drug-likeness (QED) is 0.0488. The summed E-state index contributed by atoms with van der Waals surface area (Å²) < 4.78 is 17.3. The molecule has 7 rings (SSSR count). The fourth-order valence-electron chi connectivity index (χ4n) is 6.29. The van der Waals surface area contributed by atoms with Gasteiger partial charge in [0.1, 0.15) is 11.5 Å². The minimum atomic E-state index is -1.26. The minimum Gasteiger partial charge on any atom is -0.478 e. The Hall–Kier alpha value is -6.59. The number of carbonyl (C=O) groups is 5. The predicted octanol–water partition coefficient (Wildman–Crippen LogP) is 8.58. The van der Waals surface area contributed by atoms with Gasteiger partial charge in [-0.25, -0.2) is 9.21 Å². The van der Waals surface area contributed by atoms with E-state index < -0.39 is 23.8 Å². The molecule has 7 aromatic rings. The van der Waals surface area contributed by atoms with Crippen molar-refractivity contribution in [3.63, 3.8) is 0 Å².